The van der Waals surface area contributed by atoms with Gasteiger partial charge in [0.2, 0.25) is 0 Å². The van der Waals surface area contributed by atoms with E-state index in [1.807, 2.05) is 30.3 Å². The van der Waals surface area contributed by atoms with Crippen LogP contribution in [0.1, 0.15) is 43.9 Å². The van der Waals surface area contributed by atoms with Gasteiger partial charge in [-0.15, -0.1) is 0 Å². The highest BCUT2D eigenvalue weighted by atomic mass is 16.5. The Morgan fingerprint density at radius 1 is 1.05 bits per heavy atom. The molecular weight excluding hydrogens is 258 g/mol. The molecule has 0 saturated carbocycles. The lowest BCUT2D eigenvalue weighted by Crippen LogP contribution is -2.19. The van der Waals surface area contributed by atoms with E-state index in [2.05, 4.69) is 38.1 Å². The van der Waals surface area contributed by atoms with E-state index in [1.54, 1.807) is 0 Å². The smallest absolute Gasteiger partial charge is 0.120 e. The molecule has 2 aromatic carbocycles. The molecule has 2 aromatic rings. The highest BCUT2D eigenvalue weighted by Gasteiger charge is 2.14. The average Bonchev–Trinajstić information content (AvgIpc) is 2.54. The molecule has 0 fully saturated rings. The van der Waals surface area contributed by atoms with Crippen molar-refractivity contribution in [2.45, 2.75) is 39.3 Å². The van der Waals surface area contributed by atoms with Gasteiger partial charge in [0, 0.05) is 6.04 Å². The molecule has 0 radical (unpaired) electrons. The molecule has 2 heteroatoms. The largest absolute Gasteiger partial charge is 0.489 e. The average molecular weight is 283 g/mol. The van der Waals surface area contributed by atoms with Crippen LogP contribution in [0.4, 0.5) is 0 Å². The summed E-state index contributed by atoms with van der Waals surface area (Å²) in [4.78, 5) is 0. The van der Waals surface area contributed by atoms with Crippen molar-refractivity contribution in [2.75, 3.05) is 0 Å². The third-order valence-corrected chi connectivity index (χ3v) is 3.85. The molecule has 0 aliphatic heterocycles. The van der Waals surface area contributed by atoms with Gasteiger partial charge in [0.25, 0.3) is 0 Å². The maximum atomic E-state index is 6.35. The number of hydrogen-bond acceptors (Lipinski definition) is 2. The molecule has 21 heavy (non-hydrogen) atoms. The quantitative estimate of drug-likeness (QED) is 0.799. The molecule has 112 valence electrons. The van der Waals surface area contributed by atoms with Crippen molar-refractivity contribution in [2.24, 2.45) is 11.7 Å². The van der Waals surface area contributed by atoms with Crippen molar-refractivity contribution in [3.63, 3.8) is 0 Å². The summed E-state index contributed by atoms with van der Waals surface area (Å²) in [6, 6.07) is 18.4. The zero-order valence-corrected chi connectivity index (χ0v) is 13.0. The van der Waals surface area contributed by atoms with Crippen molar-refractivity contribution in [1.82, 2.24) is 0 Å². The van der Waals surface area contributed by atoms with Crippen LogP contribution in [0.15, 0.2) is 54.6 Å². The minimum Gasteiger partial charge on any atom is -0.489 e. The molecule has 0 amide bonds. The maximum absolute atomic E-state index is 6.35. The third-order valence-electron chi connectivity index (χ3n) is 3.85. The first-order valence-electron chi connectivity index (χ1n) is 7.73. The molecule has 0 saturated heterocycles. The van der Waals surface area contributed by atoms with E-state index in [0.29, 0.717) is 12.5 Å². The first-order valence-corrected chi connectivity index (χ1v) is 7.73. The number of benzene rings is 2. The van der Waals surface area contributed by atoms with Crippen molar-refractivity contribution < 1.29 is 4.74 Å². The SMILES string of the molecule is CCCC(C)C(N)c1cccc(OCc2ccccc2)c1. The lowest BCUT2D eigenvalue weighted by Gasteiger charge is -2.20. The summed E-state index contributed by atoms with van der Waals surface area (Å²) in [5, 5.41) is 0. The van der Waals surface area contributed by atoms with Gasteiger partial charge in [-0.3, -0.25) is 0 Å². The second-order valence-corrected chi connectivity index (χ2v) is 5.64. The first kappa shape index (κ1) is 15.6. The maximum Gasteiger partial charge on any atom is 0.120 e. The molecule has 0 heterocycles. The lowest BCUT2D eigenvalue weighted by atomic mass is 9.92. The van der Waals surface area contributed by atoms with Gasteiger partial charge >= 0.3 is 0 Å². The fourth-order valence-corrected chi connectivity index (χ4v) is 2.52. The summed E-state index contributed by atoms with van der Waals surface area (Å²) >= 11 is 0. The predicted octanol–water partition coefficient (Wildman–Crippen LogP) is 4.70. The second-order valence-electron chi connectivity index (χ2n) is 5.64. The van der Waals surface area contributed by atoms with E-state index in [9.17, 15) is 0 Å². The summed E-state index contributed by atoms with van der Waals surface area (Å²) in [5.41, 5.74) is 8.67. The summed E-state index contributed by atoms with van der Waals surface area (Å²) in [6.45, 7) is 5.00. The van der Waals surface area contributed by atoms with Crippen molar-refractivity contribution >= 4 is 0 Å². The normalized spacial score (nSPS) is 13.7. The van der Waals surface area contributed by atoms with Crippen LogP contribution in [0.25, 0.3) is 0 Å². The molecule has 0 spiro atoms. The Hall–Kier alpha value is -1.80. The molecule has 0 bridgehead atoms. The topological polar surface area (TPSA) is 35.2 Å². The van der Waals surface area contributed by atoms with E-state index in [-0.39, 0.29) is 6.04 Å². The van der Waals surface area contributed by atoms with Crippen LogP contribution in [0, 0.1) is 5.92 Å². The van der Waals surface area contributed by atoms with E-state index in [4.69, 9.17) is 10.5 Å². The summed E-state index contributed by atoms with van der Waals surface area (Å²) in [7, 11) is 0. The Morgan fingerprint density at radius 3 is 2.52 bits per heavy atom. The zero-order chi connectivity index (χ0) is 15.1. The molecule has 2 N–H and O–H groups in total. The van der Waals surface area contributed by atoms with E-state index in [0.717, 1.165) is 17.7 Å². The molecule has 2 rings (SSSR count). The van der Waals surface area contributed by atoms with Crippen molar-refractivity contribution in [3.8, 4) is 5.75 Å². The Kier molecular flexibility index (Phi) is 5.82. The third kappa shape index (κ3) is 4.61. The number of ether oxygens (including phenoxy) is 1. The minimum atomic E-state index is 0.0743. The van der Waals surface area contributed by atoms with Crippen LogP contribution in [-0.2, 0) is 6.61 Å². The molecular formula is C19H25NO. The van der Waals surface area contributed by atoms with Gasteiger partial charge in [0.1, 0.15) is 12.4 Å². The Labute approximate surface area is 127 Å². The summed E-state index contributed by atoms with van der Waals surface area (Å²) < 4.78 is 5.87. The van der Waals surface area contributed by atoms with Crippen molar-refractivity contribution in [3.05, 3.63) is 65.7 Å². The monoisotopic (exact) mass is 283 g/mol. The second kappa shape index (κ2) is 7.84. The van der Waals surface area contributed by atoms with Gasteiger partial charge in [-0.05, 0) is 35.6 Å². The van der Waals surface area contributed by atoms with Gasteiger partial charge in [-0.1, -0.05) is 62.7 Å². The van der Waals surface area contributed by atoms with E-state index < -0.39 is 0 Å². The summed E-state index contributed by atoms with van der Waals surface area (Å²) in [6.07, 6.45) is 2.31. The molecule has 0 aliphatic rings. The number of nitrogens with two attached hydrogens (primary N) is 1. The molecule has 2 atom stereocenters. The lowest BCUT2D eigenvalue weighted by molar-refractivity contribution is 0.305. The van der Waals surface area contributed by atoms with Crippen LogP contribution in [0.2, 0.25) is 0 Å². The van der Waals surface area contributed by atoms with Gasteiger partial charge in [-0.25, -0.2) is 0 Å². The number of rotatable bonds is 7. The zero-order valence-electron chi connectivity index (χ0n) is 13.0. The summed E-state index contributed by atoms with van der Waals surface area (Å²) in [5.74, 6) is 1.37. The highest BCUT2D eigenvalue weighted by molar-refractivity contribution is 5.31. The first-order chi connectivity index (χ1) is 10.2. The van der Waals surface area contributed by atoms with Crippen LogP contribution < -0.4 is 10.5 Å². The van der Waals surface area contributed by atoms with Crippen LogP contribution in [0.5, 0.6) is 5.75 Å². The van der Waals surface area contributed by atoms with Gasteiger partial charge in [0.05, 0.1) is 0 Å². The van der Waals surface area contributed by atoms with E-state index in [1.165, 1.54) is 12.0 Å². The highest BCUT2D eigenvalue weighted by Crippen LogP contribution is 2.26. The van der Waals surface area contributed by atoms with Gasteiger partial charge in [-0.2, -0.15) is 0 Å². The molecule has 2 nitrogen and oxygen atoms in total. The van der Waals surface area contributed by atoms with E-state index >= 15 is 0 Å². The standard InChI is InChI=1S/C19H25NO/c1-3-8-15(2)19(20)17-11-7-12-18(13-17)21-14-16-9-5-4-6-10-16/h4-7,9-13,15,19H,3,8,14,20H2,1-2H3. The minimum absolute atomic E-state index is 0.0743. The van der Waals surface area contributed by atoms with Gasteiger partial charge in [0.15, 0.2) is 0 Å². The Bertz CT molecular complexity index is 538. The molecule has 0 aliphatic carbocycles. The van der Waals surface area contributed by atoms with Gasteiger partial charge < -0.3 is 10.5 Å². The van der Waals surface area contributed by atoms with Crippen LogP contribution in [0.3, 0.4) is 0 Å². The Balaban J connectivity index is 2.00. The molecule has 2 unspecified atom stereocenters. The fourth-order valence-electron chi connectivity index (χ4n) is 2.52. The Morgan fingerprint density at radius 2 is 1.81 bits per heavy atom. The van der Waals surface area contributed by atoms with Crippen molar-refractivity contribution in [1.29, 1.82) is 0 Å². The number of hydrogen-bond donors (Lipinski definition) is 1. The molecule has 0 aromatic heterocycles. The predicted molar refractivity (Wildman–Crippen MR) is 88.2 cm³/mol. The van der Waals surface area contributed by atoms with Crippen LogP contribution >= 0.6 is 0 Å². The fraction of sp³-hybridized carbons (Fsp3) is 0.368. The van der Waals surface area contributed by atoms with Crippen LogP contribution in [-0.4, -0.2) is 0 Å².